The van der Waals surface area contributed by atoms with E-state index in [1.165, 1.54) is 5.57 Å². The number of hydrogen-bond acceptors (Lipinski definition) is 7. The first-order valence-corrected chi connectivity index (χ1v) is 16.2. The maximum Gasteiger partial charge on any atom is 0.316 e. The van der Waals surface area contributed by atoms with Crippen LogP contribution in [-0.2, 0) is 23.7 Å². The quantitative estimate of drug-likeness (QED) is 0.313. The van der Waals surface area contributed by atoms with E-state index >= 15 is 0 Å². The van der Waals surface area contributed by atoms with Gasteiger partial charge in [0.05, 0.1) is 18.8 Å². The molecule has 4 heterocycles. The van der Waals surface area contributed by atoms with Gasteiger partial charge in [0.25, 0.3) is 0 Å². The third kappa shape index (κ3) is 5.84. The highest BCUT2D eigenvalue weighted by atomic mass is 16.7. The van der Waals surface area contributed by atoms with Crippen molar-refractivity contribution in [1.82, 2.24) is 0 Å². The van der Waals surface area contributed by atoms with E-state index in [4.69, 9.17) is 18.9 Å². The summed E-state index contributed by atoms with van der Waals surface area (Å²) < 4.78 is 25.8. The van der Waals surface area contributed by atoms with Gasteiger partial charge in [0.1, 0.15) is 29.8 Å². The summed E-state index contributed by atoms with van der Waals surface area (Å²) in [6, 6.07) is 0. The third-order valence-electron chi connectivity index (χ3n) is 10.6. The zero-order chi connectivity index (χ0) is 30.4. The summed E-state index contributed by atoms with van der Waals surface area (Å²) in [5.74, 6) is -0.900. The van der Waals surface area contributed by atoms with E-state index < -0.39 is 41.6 Å². The van der Waals surface area contributed by atoms with Gasteiger partial charge < -0.3 is 29.2 Å². The molecule has 42 heavy (non-hydrogen) atoms. The van der Waals surface area contributed by atoms with E-state index in [9.17, 15) is 15.0 Å². The topological polar surface area (TPSA) is 94.5 Å². The lowest BCUT2D eigenvalue weighted by Crippen LogP contribution is -2.58. The van der Waals surface area contributed by atoms with Crippen molar-refractivity contribution in [2.75, 3.05) is 6.61 Å². The van der Waals surface area contributed by atoms with Crippen LogP contribution < -0.4 is 0 Å². The molecule has 11 atom stereocenters. The summed E-state index contributed by atoms with van der Waals surface area (Å²) in [5, 5.41) is 23.1. The second kappa shape index (κ2) is 12.3. The van der Waals surface area contributed by atoms with Crippen molar-refractivity contribution in [3.05, 3.63) is 47.1 Å². The summed E-state index contributed by atoms with van der Waals surface area (Å²) in [7, 11) is 0. The van der Waals surface area contributed by atoms with Crippen LogP contribution in [0.15, 0.2) is 47.1 Å². The predicted molar refractivity (Wildman–Crippen MR) is 161 cm³/mol. The standard InChI is InChI=1S/C35H52O7/c1-8-28-21(4)10-9-11-25-19-39-32-30(36)24(7)16-29(35(25,32)38)33(37)40-27-17-26(13-12-22(28)5)41-34(18-27)15-14-23(6)31(42-34)20(2)3/h9-12,16,20-21,23,26-32,36,38H,8,13-15,17-19H2,1-7H3/b10-9+,22-12+,25-11+. The largest absolute Gasteiger partial charge is 0.462 e. The fraction of sp³-hybridized carbons (Fsp3) is 0.743. The normalized spacial score (nSPS) is 48.0. The van der Waals surface area contributed by atoms with E-state index in [0.717, 1.165) is 25.7 Å². The number of carbonyl (C=O) groups excluding carboxylic acids is 1. The van der Waals surface area contributed by atoms with Crippen molar-refractivity contribution in [2.24, 2.45) is 29.6 Å². The third-order valence-corrected chi connectivity index (χ3v) is 10.6. The number of ether oxygens (including phenoxy) is 4. The summed E-state index contributed by atoms with van der Waals surface area (Å²) in [6.45, 7) is 15.2. The highest BCUT2D eigenvalue weighted by molar-refractivity contribution is 5.78. The van der Waals surface area contributed by atoms with Gasteiger partial charge in [-0.15, -0.1) is 0 Å². The molecule has 0 amide bonds. The molecule has 1 spiro atoms. The molecular weight excluding hydrogens is 532 g/mol. The average molecular weight is 585 g/mol. The van der Waals surface area contributed by atoms with Crippen LogP contribution in [0.25, 0.3) is 0 Å². The molecule has 11 unspecified atom stereocenters. The number of allylic oxidation sites excluding steroid dienone is 4. The molecule has 0 aromatic rings. The Bertz CT molecular complexity index is 1140. The van der Waals surface area contributed by atoms with Crippen LogP contribution in [-0.4, -0.2) is 64.7 Å². The molecular formula is C35H52O7. The molecule has 1 aliphatic carbocycles. The van der Waals surface area contributed by atoms with Gasteiger partial charge in [-0.05, 0) is 67.9 Å². The smallest absolute Gasteiger partial charge is 0.316 e. The number of aliphatic hydroxyl groups excluding tert-OH is 1. The molecule has 4 aliphatic heterocycles. The van der Waals surface area contributed by atoms with Crippen LogP contribution >= 0.6 is 0 Å². The van der Waals surface area contributed by atoms with Crippen molar-refractivity contribution < 1.29 is 34.0 Å². The van der Waals surface area contributed by atoms with Gasteiger partial charge in [0.2, 0.25) is 0 Å². The monoisotopic (exact) mass is 584 g/mol. The summed E-state index contributed by atoms with van der Waals surface area (Å²) in [5.41, 5.74) is 0.813. The zero-order valence-corrected chi connectivity index (χ0v) is 26.5. The number of hydrogen-bond donors (Lipinski definition) is 2. The minimum absolute atomic E-state index is 0.0660. The van der Waals surface area contributed by atoms with Crippen LogP contribution in [0.5, 0.6) is 0 Å². The molecule has 0 radical (unpaired) electrons. The van der Waals surface area contributed by atoms with E-state index in [0.29, 0.717) is 41.7 Å². The molecule has 7 heteroatoms. The molecule has 3 saturated heterocycles. The van der Waals surface area contributed by atoms with E-state index in [-0.39, 0.29) is 24.7 Å². The van der Waals surface area contributed by atoms with E-state index in [1.54, 1.807) is 13.0 Å². The second-order valence-corrected chi connectivity index (χ2v) is 14.0. The molecule has 5 aliphatic rings. The zero-order valence-electron chi connectivity index (χ0n) is 26.5. The van der Waals surface area contributed by atoms with Crippen molar-refractivity contribution in [3.8, 4) is 0 Å². The van der Waals surface area contributed by atoms with E-state index in [2.05, 4.69) is 53.7 Å². The number of esters is 1. The lowest BCUT2D eigenvalue weighted by atomic mass is 9.71. The van der Waals surface area contributed by atoms with Crippen LogP contribution in [0.3, 0.4) is 0 Å². The molecule has 5 rings (SSSR count). The molecule has 3 fully saturated rings. The van der Waals surface area contributed by atoms with Gasteiger partial charge in [0.15, 0.2) is 5.79 Å². The predicted octanol–water partition coefficient (Wildman–Crippen LogP) is 5.81. The number of aliphatic hydroxyl groups is 2. The number of carbonyl (C=O) groups is 1. The van der Waals surface area contributed by atoms with Crippen molar-refractivity contribution in [3.63, 3.8) is 0 Å². The minimum Gasteiger partial charge on any atom is -0.462 e. The molecule has 0 aromatic heterocycles. The van der Waals surface area contributed by atoms with Crippen molar-refractivity contribution in [1.29, 1.82) is 0 Å². The van der Waals surface area contributed by atoms with Crippen LogP contribution in [0.1, 0.15) is 87.0 Å². The van der Waals surface area contributed by atoms with Crippen molar-refractivity contribution >= 4 is 5.97 Å². The Morgan fingerprint density at radius 1 is 1.12 bits per heavy atom. The molecule has 2 bridgehead atoms. The Labute approximate surface area is 252 Å². The number of fused-ring (bicyclic) bond motifs is 2. The fourth-order valence-electron chi connectivity index (χ4n) is 8.19. The maximum absolute atomic E-state index is 14.0. The Balaban J connectivity index is 1.55. The summed E-state index contributed by atoms with van der Waals surface area (Å²) >= 11 is 0. The highest BCUT2D eigenvalue weighted by Gasteiger charge is 2.60. The van der Waals surface area contributed by atoms with Gasteiger partial charge >= 0.3 is 5.97 Å². The van der Waals surface area contributed by atoms with Gasteiger partial charge in [-0.3, -0.25) is 4.79 Å². The molecule has 0 aromatic carbocycles. The molecule has 7 nitrogen and oxygen atoms in total. The Morgan fingerprint density at radius 3 is 2.60 bits per heavy atom. The minimum atomic E-state index is -1.69. The highest BCUT2D eigenvalue weighted by Crippen LogP contribution is 2.47. The Morgan fingerprint density at radius 2 is 1.88 bits per heavy atom. The van der Waals surface area contributed by atoms with Gasteiger partial charge in [-0.1, -0.05) is 70.6 Å². The van der Waals surface area contributed by atoms with Crippen molar-refractivity contribution in [2.45, 2.75) is 129 Å². The first-order chi connectivity index (χ1) is 19.9. The Hall–Kier alpha value is -1.77. The lowest BCUT2D eigenvalue weighted by Gasteiger charge is -2.50. The second-order valence-electron chi connectivity index (χ2n) is 14.0. The SMILES string of the molecule is CCC1/C(C)=C/CC2CC(CC3(CCC(C)C(C(C)C)O3)O2)OC(=O)C2C=C(C)C(O)C3OC/C(=C\C=C\C1C)C23O. The summed E-state index contributed by atoms with van der Waals surface area (Å²) in [4.78, 5) is 14.0. The first-order valence-electron chi connectivity index (χ1n) is 16.2. The maximum atomic E-state index is 14.0. The molecule has 2 N–H and O–H groups in total. The fourth-order valence-corrected chi connectivity index (χ4v) is 8.19. The molecule has 0 saturated carbocycles. The summed E-state index contributed by atoms with van der Waals surface area (Å²) in [6.07, 6.45) is 12.0. The number of rotatable bonds is 2. The van der Waals surface area contributed by atoms with Gasteiger partial charge in [0, 0.05) is 19.3 Å². The molecule has 234 valence electrons. The van der Waals surface area contributed by atoms with Crippen LogP contribution in [0.2, 0.25) is 0 Å². The first kappa shape index (κ1) is 31.6. The van der Waals surface area contributed by atoms with Crippen LogP contribution in [0.4, 0.5) is 0 Å². The van der Waals surface area contributed by atoms with Crippen LogP contribution in [0, 0.1) is 29.6 Å². The lowest BCUT2D eigenvalue weighted by molar-refractivity contribution is -0.340. The van der Waals surface area contributed by atoms with Gasteiger partial charge in [-0.25, -0.2) is 0 Å². The van der Waals surface area contributed by atoms with E-state index in [1.807, 2.05) is 12.2 Å². The Kier molecular flexibility index (Phi) is 9.28. The average Bonchev–Trinajstić information content (AvgIpc) is 3.27. The van der Waals surface area contributed by atoms with Gasteiger partial charge in [-0.2, -0.15) is 0 Å².